The first-order valence-electron chi connectivity index (χ1n) is 5.41. The second-order valence-electron chi connectivity index (χ2n) is 3.74. The lowest BCUT2D eigenvalue weighted by molar-refractivity contribution is 0.290. The number of nitrogens with two attached hydrogens (primary N) is 1. The van der Waals surface area contributed by atoms with E-state index in [4.69, 9.17) is 22.1 Å². The number of rotatable bonds is 4. The lowest BCUT2D eigenvalue weighted by atomic mass is 10.2. The summed E-state index contributed by atoms with van der Waals surface area (Å²) in [6.07, 6.45) is 1.69. The molecular formula is C13H12BrClN2O. The summed E-state index contributed by atoms with van der Waals surface area (Å²) in [6.45, 7) is 0.835. The zero-order valence-electron chi connectivity index (χ0n) is 9.57. The second-order valence-corrected chi connectivity index (χ2v) is 5.09. The van der Waals surface area contributed by atoms with E-state index in [1.807, 2.05) is 30.3 Å². The summed E-state index contributed by atoms with van der Waals surface area (Å²) >= 11 is 9.17. The number of hydrogen-bond donors (Lipinski definition) is 1. The number of hydrogen-bond acceptors (Lipinski definition) is 3. The fourth-order valence-electron chi connectivity index (χ4n) is 1.48. The summed E-state index contributed by atoms with van der Waals surface area (Å²) in [5.74, 6) is 0.565. The molecule has 1 aromatic carbocycles. The molecule has 18 heavy (non-hydrogen) atoms. The van der Waals surface area contributed by atoms with Crippen molar-refractivity contribution in [2.45, 2.75) is 13.2 Å². The molecule has 3 nitrogen and oxygen atoms in total. The van der Waals surface area contributed by atoms with Crippen LogP contribution in [-0.2, 0) is 13.2 Å². The van der Waals surface area contributed by atoms with E-state index in [0.717, 1.165) is 15.6 Å². The molecule has 0 fully saturated rings. The van der Waals surface area contributed by atoms with Crippen LogP contribution in [0, 0.1) is 0 Å². The maximum Gasteiger partial charge on any atom is 0.218 e. The number of nitrogens with zero attached hydrogens (tertiary/aromatic N) is 1. The van der Waals surface area contributed by atoms with Gasteiger partial charge in [0.2, 0.25) is 5.88 Å². The maximum atomic E-state index is 5.82. The minimum absolute atomic E-state index is 0.391. The van der Waals surface area contributed by atoms with Crippen molar-refractivity contribution in [2.24, 2.45) is 5.73 Å². The summed E-state index contributed by atoms with van der Waals surface area (Å²) in [7, 11) is 0. The second kappa shape index (κ2) is 6.18. The van der Waals surface area contributed by atoms with Crippen LogP contribution in [0.1, 0.15) is 11.1 Å². The van der Waals surface area contributed by atoms with Gasteiger partial charge in [-0.05, 0) is 39.7 Å². The highest BCUT2D eigenvalue weighted by Gasteiger charge is 2.05. The molecule has 0 saturated carbocycles. The van der Waals surface area contributed by atoms with Crippen LogP contribution in [0.5, 0.6) is 5.88 Å². The van der Waals surface area contributed by atoms with Gasteiger partial charge in [0.1, 0.15) is 6.61 Å². The molecule has 0 atom stereocenters. The lowest BCUT2D eigenvalue weighted by Crippen LogP contribution is -2.04. The smallest absolute Gasteiger partial charge is 0.218 e. The van der Waals surface area contributed by atoms with Crippen LogP contribution in [0.3, 0.4) is 0 Å². The number of ether oxygens (including phenoxy) is 1. The molecule has 1 aromatic heterocycles. The Morgan fingerprint density at radius 3 is 2.67 bits per heavy atom. The Bertz CT molecular complexity index is 531. The number of aromatic nitrogens is 1. The molecule has 0 aliphatic carbocycles. The average molecular weight is 328 g/mol. The van der Waals surface area contributed by atoms with Crippen LogP contribution in [0.15, 0.2) is 41.0 Å². The fourth-order valence-corrected chi connectivity index (χ4v) is 1.98. The topological polar surface area (TPSA) is 48.1 Å². The standard InChI is InChI=1S/C13H12BrClN2O/c14-11-5-10(6-16)13(17-7-11)18-8-9-1-3-12(15)4-2-9/h1-5,7H,6,8,16H2. The van der Waals surface area contributed by atoms with Crippen molar-refractivity contribution in [3.8, 4) is 5.88 Å². The third kappa shape index (κ3) is 3.45. The summed E-state index contributed by atoms with van der Waals surface area (Å²) < 4.78 is 6.54. The minimum atomic E-state index is 0.391. The number of halogens is 2. The predicted octanol–water partition coefficient (Wildman–Crippen LogP) is 3.54. The van der Waals surface area contributed by atoms with E-state index in [9.17, 15) is 0 Å². The van der Waals surface area contributed by atoms with Crippen LogP contribution < -0.4 is 10.5 Å². The van der Waals surface area contributed by atoms with Gasteiger partial charge in [0, 0.05) is 27.8 Å². The van der Waals surface area contributed by atoms with E-state index >= 15 is 0 Å². The monoisotopic (exact) mass is 326 g/mol. The SMILES string of the molecule is NCc1cc(Br)cnc1OCc1ccc(Cl)cc1. The third-order valence-corrected chi connectivity index (χ3v) is 3.09. The van der Waals surface area contributed by atoms with Crippen molar-refractivity contribution in [3.05, 3.63) is 57.2 Å². The molecule has 0 saturated heterocycles. The van der Waals surface area contributed by atoms with E-state index in [0.29, 0.717) is 24.1 Å². The molecule has 1 heterocycles. The van der Waals surface area contributed by atoms with Gasteiger partial charge in [-0.25, -0.2) is 4.98 Å². The van der Waals surface area contributed by atoms with Crippen LogP contribution in [0.25, 0.3) is 0 Å². The van der Waals surface area contributed by atoms with E-state index in [1.54, 1.807) is 6.20 Å². The molecule has 0 bridgehead atoms. The van der Waals surface area contributed by atoms with Gasteiger partial charge < -0.3 is 10.5 Å². The summed E-state index contributed by atoms with van der Waals surface area (Å²) in [4.78, 5) is 4.21. The van der Waals surface area contributed by atoms with Gasteiger partial charge in [-0.1, -0.05) is 23.7 Å². The van der Waals surface area contributed by atoms with Crippen LogP contribution in [0.2, 0.25) is 5.02 Å². The van der Waals surface area contributed by atoms with Crippen molar-refractivity contribution >= 4 is 27.5 Å². The summed E-state index contributed by atoms with van der Waals surface area (Å²) in [5.41, 5.74) is 7.56. The molecule has 5 heteroatoms. The number of pyridine rings is 1. The third-order valence-electron chi connectivity index (χ3n) is 2.40. The quantitative estimate of drug-likeness (QED) is 0.934. The lowest BCUT2D eigenvalue weighted by Gasteiger charge is -2.09. The first-order chi connectivity index (χ1) is 8.69. The number of benzene rings is 1. The van der Waals surface area contributed by atoms with Crippen LogP contribution >= 0.6 is 27.5 Å². The molecule has 94 valence electrons. The van der Waals surface area contributed by atoms with E-state index in [2.05, 4.69) is 20.9 Å². The Morgan fingerprint density at radius 2 is 2.00 bits per heavy atom. The van der Waals surface area contributed by atoms with Crippen molar-refractivity contribution in [2.75, 3.05) is 0 Å². The van der Waals surface area contributed by atoms with E-state index in [-0.39, 0.29) is 0 Å². The normalized spacial score (nSPS) is 10.4. The van der Waals surface area contributed by atoms with Gasteiger partial charge in [-0.15, -0.1) is 0 Å². The maximum absolute atomic E-state index is 5.82. The fraction of sp³-hybridized carbons (Fsp3) is 0.154. The van der Waals surface area contributed by atoms with Gasteiger partial charge in [-0.2, -0.15) is 0 Å². The Labute approximate surface area is 119 Å². The molecule has 0 amide bonds. The Morgan fingerprint density at radius 1 is 1.28 bits per heavy atom. The Kier molecular flexibility index (Phi) is 4.58. The average Bonchev–Trinajstić information content (AvgIpc) is 2.39. The summed E-state index contributed by atoms with van der Waals surface area (Å²) in [6, 6.07) is 9.41. The molecular weight excluding hydrogens is 316 g/mol. The van der Waals surface area contributed by atoms with Crippen LogP contribution in [0.4, 0.5) is 0 Å². The van der Waals surface area contributed by atoms with Crippen molar-refractivity contribution in [3.63, 3.8) is 0 Å². The zero-order valence-corrected chi connectivity index (χ0v) is 11.9. The highest BCUT2D eigenvalue weighted by atomic mass is 79.9. The molecule has 0 unspecified atom stereocenters. The molecule has 0 aliphatic heterocycles. The van der Waals surface area contributed by atoms with Gasteiger partial charge >= 0.3 is 0 Å². The van der Waals surface area contributed by atoms with Crippen molar-refractivity contribution < 1.29 is 4.74 Å². The molecule has 2 N–H and O–H groups in total. The molecule has 0 spiro atoms. The molecule has 0 radical (unpaired) electrons. The van der Waals surface area contributed by atoms with Gasteiger partial charge in [0.05, 0.1) is 0 Å². The Hall–Kier alpha value is -1.10. The predicted molar refractivity (Wildman–Crippen MR) is 75.6 cm³/mol. The van der Waals surface area contributed by atoms with Crippen molar-refractivity contribution in [1.29, 1.82) is 0 Å². The highest BCUT2D eigenvalue weighted by Crippen LogP contribution is 2.20. The van der Waals surface area contributed by atoms with E-state index < -0.39 is 0 Å². The van der Waals surface area contributed by atoms with Crippen LogP contribution in [-0.4, -0.2) is 4.98 Å². The Balaban J connectivity index is 2.08. The highest BCUT2D eigenvalue weighted by molar-refractivity contribution is 9.10. The zero-order chi connectivity index (χ0) is 13.0. The first-order valence-corrected chi connectivity index (χ1v) is 6.58. The van der Waals surface area contributed by atoms with E-state index in [1.165, 1.54) is 0 Å². The van der Waals surface area contributed by atoms with Gasteiger partial charge in [0.25, 0.3) is 0 Å². The first kappa shape index (κ1) is 13.3. The summed E-state index contributed by atoms with van der Waals surface area (Å²) in [5, 5.41) is 0.711. The molecule has 2 rings (SSSR count). The molecule has 0 aliphatic rings. The largest absolute Gasteiger partial charge is 0.473 e. The van der Waals surface area contributed by atoms with Gasteiger partial charge in [-0.3, -0.25) is 0 Å². The minimum Gasteiger partial charge on any atom is -0.473 e. The molecule has 2 aromatic rings. The van der Waals surface area contributed by atoms with Gasteiger partial charge in [0.15, 0.2) is 0 Å². The van der Waals surface area contributed by atoms with Crippen molar-refractivity contribution in [1.82, 2.24) is 4.98 Å².